The molecule has 3 rings (SSSR count). The lowest BCUT2D eigenvalue weighted by Gasteiger charge is -2.34. The summed E-state index contributed by atoms with van der Waals surface area (Å²) in [5.74, 6) is 2.77. The minimum Gasteiger partial charge on any atom is -0.496 e. The molecule has 1 aromatic heterocycles. The highest BCUT2D eigenvalue weighted by molar-refractivity contribution is 5.79. The van der Waals surface area contributed by atoms with E-state index in [1.54, 1.807) is 13.4 Å². The van der Waals surface area contributed by atoms with Crippen LogP contribution in [-0.2, 0) is 6.54 Å². The van der Waals surface area contributed by atoms with Crippen LogP contribution in [-0.4, -0.2) is 56.6 Å². The van der Waals surface area contributed by atoms with Crippen LogP contribution in [0.5, 0.6) is 5.75 Å². The zero-order valence-electron chi connectivity index (χ0n) is 17.2. The highest BCUT2D eigenvalue weighted by Crippen LogP contribution is 2.25. The van der Waals surface area contributed by atoms with Gasteiger partial charge in [-0.3, -0.25) is 9.89 Å². The number of piperidine rings is 1. The van der Waals surface area contributed by atoms with E-state index in [9.17, 15) is 0 Å². The van der Waals surface area contributed by atoms with E-state index in [1.807, 2.05) is 38.4 Å². The Morgan fingerprint density at radius 1 is 1.21 bits per heavy atom. The van der Waals surface area contributed by atoms with Gasteiger partial charge < -0.3 is 19.4 Å². The fourth-order valence-corrected chi connectivity index (χ4v) is 3.86. The molecule has 1 atom stereocenters. The van der Waals surface area contributed by atoms with Gasteiger partial charge in [0.2, 0.25) is 0 Å². The van der Waals surface area contributed by atoms with Crippen molar-refractivity contribution in [1.29, 1.82) is 0 Å². The Morgan fingerprint density at radius 3 is 2.68 bits per heavy atom. The molecule has 0 amide bonds. The van der Waals surface area contributed by atoms with Crippen LogP contribution in [0.1, 0.15) is 36.6 Å². The standard InChI is InChI=1S/C22H32N4O2/c1-23-22(25(2)17-18-10-5-6-11-20(18)27-3)24-16-19(21-12-9-15-28-21)26-13-7-4-8-14-26/h5-6,9-12,15,19H,4,7-8,13-14,16-17H2,1-3H3,(H,23,24). The van der Waals surface area contributed by atoms with Crippen LogP contribution >= 0.6 is 0 Å². The fourth-order valence-electron chi connectivity index (χ4n) is 3.86. The van der Waals surface area contributed by atoms with Crippen molar-refractivity contribution < 1.29 is 9.15 Å². The third-order valence-corrected chi connectivity index (χ3v) is 5.33. The number of nitrogens with zero attached hydrogens (tertiary/aromatic N) is 3. The number of hydrogen-bond acceptors (Lipinski definition) is 4. The van der Waals surface area contributed by atoms with Crippen molar-refractivity contribution in [3.63, 3.8) is 0 Å². The molecular formula is C22H32N4O2. The zero-order chi connectivity index (χ0) is 19.8. The van der Waals surface area contributed by atoms with Crippen LogP contribution < -0.4 is 10.1 Å². The van der Waals surface area contributed by atoms with Gasteiger partial charge in [-0.05, 0) is 44.1 Å². The van der Waals surface area contributed by atoms with Gasteiger partial charge in [0.25, 0.3) is 0 Å². The Kier molecular flexibility index (Phi) is 7.37. The second-order valence-corrected chi connectivity index (χ2v) is 7.22. The molecule has 0 radical (unpaired) electrons. The molecule has 1 N–H and O–H groups in total. The number of guanidine groups is 1. The Balaban J connectivity index is 1.65. The van der Waals surface area contributed by atoms with E-state index in [1.165, 1.54) is 19.3 Å². The first-order valence-electron chi connectivity index (χ1n) is 10.0. The molecule has 0 saturated carbocycles. The number of methoxy groups -OCH3 is 1. The summed E-state index contributed by atoms with van der Waals surface area (Å²) in [5, 5.41) is 3.55. The van der Waals surface area contributed by atoms with Gasteiger partial charge in [0.15, 0.2) is 5.96 Å². The number of nitrogens with one attached hydrogen (secondary N) is 1. The van der Waals surface area contributed by atoms with Gasteiger partial charge >= 0.3 is 0 Å². The molecule has 28 heavy (non-hydrogen) atoms. The molecule has 6 nitrogen and oxygen atoms in total. The number of hydrogen-bond donors (Lipinski definition) is 1. The van der Waals surface area contributed by atoms with Crippen molar-refractivity contribution in [2.45, 2.75) is 31.8 Å². The number of rotatable bonds is 7. The quantitative estimate of drug-likeness (QED) is 0.585. The van der Waals surface area contributed by atoms with Gasteiger partial charge in [-0.25, -0.2) is 0 Å². The number of aliphatic imine (C=N–C) groups is 1. The van der Waals surface area contributed by atoms with Crippen LogP contribution in [0.3, 0.4) is 0 Å². The summed E-state index contributed by atoms with van der Waals surface area (Å²) >= 11 is 0. The molecule has 1 fully saturated rings. The molecule has 152 valence electrons. The third kappa shape index (κ3) is 5.07. The molecule has 2 heterocycles. The summed E-state index contributed by atoms with van der Waals surface area (Å²) in [6.07, 6.45) is 5.58. The lowest BCUT2D eigenvalue weighted by molar-refractivity contribution is 0.146. The molecule has 2 aromatic rings. The Hall–Kier alpha value is -2.47. The molecule has 1 saturated heterocycles. The minimum absolute atomic E-state index is 0.215. The third-order valence-electron chi connectivity index (χ3n) is 5.33. The van der Waals surface area contributed by atoms with E-state index in [0.29, 0.717) is 0 Å². The summed E-state index contributed by atoms with van der Waals surface area (Å²) in [7, 11) is 5.58. The van der Waals surface area contributed by atoms with Crippen molar-refractivity contribution in [3.8, 4) is 5.75 Å². The maximum atomic E-state index is 5.75. The van der Waals surface area contributed by atoms with Gasteiger partial charge in [-0.1, -0.05) is 24.6 Å². The van der Waals surface area contributed by atoms with E-state index >= 15 is 0 Å². The Bertz CT molecular complexity index is 739. The molecule has 1 aliphatic heterocycles. The first kappa shape index (κ1) is 20.3. The molecule has 0 bridgehead atoms. The number of benzene rings is 1. The first-order chi connectivity index (χ1) is 13.7. The average Bonchev–Trinajstić information content (AvgIpc) is 3.26. The molecular weight excluding hydrogens is 352 g/mol. The normalized spacial score (nSPS) is 16.6. The lowest BCUT2D eigenvalue weighted by Crippen LogP contribution is -2.44. The summed E-state index contributed by atoms with van der Waals surface area (Å²) in [6, 6.07) is 12.3. The minimum atomic E-state index is 0.215. The van der Waals surface area contributed by atoms with Crippen molar-refractivity contribution in [1.82, 2.24) is 15.1 Å². The van der Waals surface area contributed by atoms with Gasteiger partial charge in [0, 0.05) is 32.7 Å². The van der Waals surface area contributed by atoms with Crippen LogP contribution in [0.4, 0.5) is 0 Å². The largest absolute Gasteiger partial charge is 0.496 e. The van der Waals surface area contributed by atoms with E-state index < -0.39 is 0 Å². The topological polar surface area (TPSA) is 53.2 Å². The zero-order valence-corrected chi connectivity index (χ0v) is 17.2. The van der Waals surface area contributed by atoms with E-state index in [-0.39, 0.29) is 6.04 Å². The van der Waals surface area contributed by atoms with Crippen LogP contribution in [0.2, 0.25) is 0 Å². The predicted octanol–water partition coefficient (Wildman–Crippen LogP) is 3.52. The molecule has 1 aliphatic rings. The van der Waals surface area contributed by atoms with Crippen LogP contribution in [0.25, 0.3) is 0 Å². The molecule has 6 heteroatoms. The monoisotopic (exact) mass is 384 g/mol. The Morgan fingerprint density at radius 2 is 2.00 bits per heavy atom. The van der Waals surface area contributed by atoms with Gasteiger partial charge in [0.05, 0.1) is 19.4 Å². The highest BCUT2D eigenvalue weighted by Gasteiger charge is 2.25. The number of furan rings is 1. The predicted molar refractivity (Wildman–Crippen MR) is 113 cm³/mol. The van der Waals surface area contributed by atoms with E-state index in [2.05, 4.69) is 32.2 Å². The summed E-state index contributed by atoms with van der Waals surface area (Å²) in [5.41, 5.74) is 1.13. The second kappa shape index (κ2) is 10.2. The van der Waals surface area contributed by atoms with Crippen molar-refractivity contribution in [2.24, 2.45) is 4.99 Å². The smallest absolute Gasteiger partial charge is 0.193 e. The summed E-state index contributed by atoms with van der Waals surface area (Å²) in [6.45, 7) is 3.71. The molecule has 1 aromatic carbocycles. The highest BCUT2D eigenvalue weighted by atomic mass is 16.5. The van der Waals surface area contributed by atoms with Crippen molar-refractivity contribution in [3.05, 3.63) is 54.0 Å². The lowest BCUT2D eigenvalue weighted by atomic mass is 10.1. The summed E-state index contributed by atoms with van der Waals surface area (Å²) < 4.78 is 11.2. The molecule has 0 aliphatic carbocycles. The van der Waals surface area contributed by atoms with Crippen molar-refractivity contribution >= 4 is 5.96 Å². The number of para-hydroxylation sites is 1. The Labute approximate surface area is 168 Å². The molecule has 1 unspecified atom stereocenters. The van der Waals surface area contributed by atoms with Gasteiger partial charge in [-0.15, -0.1) is 0 Å². The average molecular weight is 385 g/mol. The fraction of sp³-hybridized carbons (Fsp3) is 0.500. The van der Waals surface area contributed by atoms with E-state index in [4.69, 9.17) is 9.15 Å². The second-order valence-electron chi connectivity index (χ2n) is 7.22. The van der Waals surface area contributed by atoms with E-state index in [0.717, 1.165) is 49.2 Å². The maximum Gasteiger partial charge on any atom is 0.193 e. The van der Waals surface area contributed by atoms with Crippen LogP contribution in [0, 0.1) is 0 Å². The molecule has 0 spiro atoms. The maximum absolute atomic E-state index is 5.75. The number of ether oxygens (including phenoxy) is 1. The van der Waals surface area contributed by atoms with Gasteiger partial charge in [0.1, 0.15) is 11.5 Å². The summed E-state index contributed by atoms with van der Waals surface area (Å²) in [4.78, 5) is 9.11. The van der Waals surface area contributed by atoms with Crippen molar-refractivity contribution in [2.75, 3.05) is 40.8 Å². The van der Waals surface area contributed by atoms with Gasteiger partial charge in [-0.2, -0.15) is 0 Å². The first-order valence-corrected chi connectivity index (χ1v) is 10.0. The van der Waals surface area contributed by atoms with Crippen LogP contribution in [0.15, 0.2) is 52.1 Å². The SMILES string of the molecule is CN=C(NCC(c1ccco1)N1CCCCC1)N(C)Cc1ccccc1OC. The number of likely N-dealkylation sites (tertiary alicyclic amines) is 1.